The number of benzene rings is 1. The number of nitriles is 1. The van der Waals surface area contributed by atoms with E-state index in [-0.39, 0.29) is 5.25 Å². The van der Waals surface area contributed by atoms with Crippen LogP contribution in [0.15, 0.2) is 33.9 Å². The Labute approximate surface area is 92.1 Å². The van der Waals surface area contributed by atoms with Crippen LogP contribution in [0, 0.1) is 11.3 Å². The summed E-state index contributed by atoms with van der Waals surface area (Å²) < 4.78 is 5.53. The van der Waals surface area contributed by atoms with Gasteiger partial charge in [0.1, 0.15) is 5.52 Å². The first-order chi connectivity index (χ1) is 7.29. The van der Waals surface area contributed by atoms with Crippen molar-refractivity contribution >= 4 is 22.9 Å². The molecule has 1 heterocycles. The molecule has 15 heavy (non-hydrogen) atoms. The zero-order valence-corrected chi connectivity index (χ0v) is 9.12. The summed E-state index contributed by atoms with van der Waals surface area (Å²) >= 11 is 1.49. The van der Waals surface area contributed by atoms with Crippen LogP contribution in [0.5, 0.6) is 0 Å². The molecule has 76 valence electrons. The minimum Gasteiger partial charge on any atom is -0.431 e. The molecule has 3 nitrogen and oxygen atoms in total. The molecule has 0 radical (unpaired) electrons. The Morgan fingerprint density at radius 3 is 3.07 bits per heavy atom. The minimum absolute atomic E-state index is 0.211. The van der Waals surface area contributed by atoms with E-state index in [1.165, 1.54) is 11.8 Å². The molecule has 0 aliphatic carbocycles. The van der Waals surface area contributed by atoms with Crippen LogP contribution in [0.2, 0.25) is 0 Å². The molecule has 0 saturated heterocycles. The quantitative estimate of drug-likeness (QED) is 0.742. The van der Waals surface area contributed by atoms with Crippen molar-refractivity contribution in [3.05, 3.63) is 24.3 Å². The van der Waals surface area contributed by atoms with Crippen molar-refractivity contribution in [3.8, 4) is 6.07 Å². The summed E-state index contributed by atoms with van der Waals surface area (Å²) in [4.78, 5) is 4.32. The largest absolute Gasteiger partial charge is 0.431 e. The lowest BCUT2D eigenvalue weighted by Crippen LogP contribution is -1.92. The van der Waals surface area contributed by atoms with Crippen LogP contribution in [0.3, 0.4) is 0 Å². The molecule has 1 aromatic carbocycles. The molecule has 1 aromatic heterocycles. The number of rotatable bonds is 3. The third-order valence-corrected chi connectivity index (χ3v) is 2.90. The molecule has 0 aliphatic rings. The molecule has 1 atom stereocenters. The number of para-hydroxylation sites is 2. The number of oxazole rings is 1. The van der Waals surface area contributed by atoms with Gasteiger partial charge >= 0.3 is 0 Å². The summed E-state index contributed by atoms with van der Waals surface area (Å²) in [6.07, 6.45) is 0.503. The molecule has 4 heteroatoms. The lowest BCUT2D eigenvalue weighted by molar-refractivity contribution is 0.488. The van der Waals surface area contributed by atoms with E-state index < -0.39 is 0 Å². The van der Waals surface area contributed by atoms with Gasteiger partial charge in [0, 0.05) is 11.7 Å². The topological polar surface area (TPSA) is 49.8 Å². The van der Waals surface area contributed by atoms with E-state index in [0.29, 0.717) is 11.6 Å². The maximum atomic E-state index is 8.54. The second-order valence-electron chi connectivity index (χ2n) is 3.24. The molecule has 0 spiro atoms. The van der Waals surface area contributed by atoms with Crippen LogP contribution in [-0.2, 0) is 0 Å². The van der Waals surface area contributed by atoms with Gasteiger partial charge in [0.05, 0.1) is 6.07 Å². The summed E-state index contributed by atoms with van der Waals surface area (Å²) in [6.45, 7) is 1.99. The van der Waals surface area contributed by atoms with Crippen molar-refractivity contribution in [1.82, 2.24) is 4.98 Å². The highest BCUT2D eigenvalue weighted by atomic mass is 32.2. The van der Waals surface area contributed by atoms with Gasteiger partial charge in [-0.2, -0.15) is 5.26 Å². The van der Waals surface area contributed by atoms with Crippen LogP contribution in [0.1, 0.15) is 13.3 Å². The molecule has 0 N–H and O–H groups in total. The number of hydrogen-bond donors (Lipinski definition) is 0. The fourth-order valence-electron chi connectivity index (χ4n) is 1.24. The lowest BCUT2D eigenvalue weighted by atomic mass is 10.3. The van der Waals surface area contributed by atoms with Gasteiger partial charge in [0.25, 0.3) is 5.22 Å². The number of thioether (sulfide) groups is 1. The number of hydrogen-bond acceptors (Lipinski definition) is 4. The number of aromatic nitrogens is 1. The molecular formula is C11H10N2OS. The van der Waals surface area contributed by atoms with Gasteiger partial charge in [-0.05, 0) is 12.1 Å². The number of nitrogens with zero attached hydrogens (tertiary/aromatic N) is 2. The van der Waals surface area contributed by atoms with Gasteiger partial charge in [-0.1, -0.05) is 30.8 Å². The summed E-state index contributed by atoms with van der Waals surface area (Å²) in [7, 11) is 0. The first-order valence-corrected chi connectivity index (χ1v) is 5.57. The van der Waals surface area contributed by atoms with Crippen molar-refractivity contribution in [3.63, 3.8) is 0 Å². The zero-order valence-electron chi connectivity index (χ0n) is 8.30. The number of fused-ring (bicyclic) bond motifs is 1. The predicted octanol–water partition coefficient (Wildman–Crippen LogP) is 3.22. The maximum Gasteiger partial charge on any atom is 0.257 e. The highest BCUT2D eigenvalue weighted by molar-refractivity contribution is 7.99. The molecule has 2 rings (SSSR count). The van der Waals surface area contributed by atoms with Gasteiger partial charge in [0.2, 0.25) is 0 Å². The monoisotopic (exact) mass is 218 g/mol. The van der Waals surface area contributed by atoms with Crippen LogP contribution in [0.25, 0.3) is 11.1 Å². The SMILES string of the molecule is CC(CC#N)Sc1nc2ccccc2o1. The highest BCUT2D eigenvalue weighted by Gasteiger charge is 2.10. The van der Waals surface area contributed by atoms with Gasteiger partial charge in [0.15, 0.2) is 5.58 Å². The first kappa shape index (κ1) is 10.1. The van der Waals surface area contributed by atoms with Gasteiger partial charge in [-0.25, -0.2) is 4.98 Å². The zero-order chi connectivity index (χ0) is 10.7. The summed E-state index contributed by atoms with van der Waals surface area (Å²) in [5, 5.41) is 9.39. The third kappa shape index (κ3) is 2.31. The van der Waals surface area contributed by atoms with Crippen molar-refractivity contribution in [1.29, 1.82) is 5.26 Å². The molecular weight excluding hydrogens is 208 g/mol. The summed E-state index contributed by atoms with van der Waals surface area (Å²) in [5.41, 5.74) is 1.66. The maximum absolute atomic E-state index is 8.54. The average Bonchev–Trinajstić information content (AvgIpc) is 2.59. The minimum atomic E-state index is 0.211. The standard InChI is InChI=1S/C11H10N2OS/c1-8(6-7-12)15-11-13-9-4-2-3-5-10(9)14-11/h2-5,8H,6H2,1H3. The smallest absolute Gasteiger partial charge is 0.257 e. The van der Waals surface area contributed by atoms with Gasteiger partial charge < -0.3 is 4.42 Å². The van der Waals surface area contributed by atoms with E-state index in [1.807, 2.05) is 31.2 Å². The molecule has 1 unspecified atom stereocenters. The van der Waals surface area contributed by atoms with E-state index in [1.54, 1.807) is 0 Å². The molecule has 0 fully saturated rings. The summed E-state index contributed by atoms with van der Waals surface area (Å²) in [5.74, 6) is 0. The van der Waals surface area contributed by atoms with Crippen molar-refractivity contribution in [2.45, 2.75) is 23.8 Å². The van der Waals surface area contributed by atoms with Crippen LogP contribution in [0.4, 0.5) is 0 Å². The Balaban J connectivity index is 2.19. The van der Waals surface area contributed by atoms with E-state index in [2.05, 4.69) is 11.1 Å². The highest BCUT2D eigenvalue weighted by Crippen LogP contribution is 2.27. The normalized spacial score (nSPS) is 12.5. The van der Waals surface area contributed by atoms with Crippen molar-refractivity contribution in [2.75, 3.05) is 0 Å². The van der Waals surface area contributed by atoms with Crippen LogP contribution >= 0.6 is 11.8 Å². The van der Waals surface area contributed by atoms with Gasteiger partial charge in [-0.3, -0.25) is 0 Å². The molecule has 0 aliphatic heterocycles. The molecule has 0 amide bonds. The Kier molecular flexibility index (Phi) is 2.93. The van der Waals surface area contributed by atoms with Crippen molar-refractivity contribution < 1.29 is 4.42 Å². The lowest BCUT2D eigenvalue weighted by Gasteiger charge is -2.00. The average molecular weight is 218 g/mol. The fraction of sp³-hybridized carbons (Fsp3) is 0.273. The Morgan fingerprint density at radius 2 is 2.33 bits per heavy atom. The van der Waals surface area contributed by atoms with E-state index in [0.717, 1.165) is 11.1 Å². The van der Waals surface area contributed by atoms with Crippen LogP contribution < -0.4 is 0 Å². The Bertz CT molecular complexity index is 468. The van der Waals surface area contributed by atoms with Crippen LogP contribution in [-0.4, -0.2) is 10.2 Å². The Hall–Kier alpha value is -1.47. The first-order valence-electron chi connectivity index (χ1n) is 4.69. The second-order valence-corrected chi connectivity index (χ2v) is 4.63. The van der Waals surface area contributed by atoms with E-state index in [9.17, 15) is 0 Å². The third-order valence-electron chi connectivity index (χ3n) is 1.96. The molecule has 2 aromatic rings. The van der Waals surface area contributed by atoms with E-state index in [4.69, 9.17) is 9.68 Å². The molecule has 0 saturated carbocycles. The predicted molar refractivity (Wildman–Crippen MR) is 59.6 cm³/mol. The molecule has 0 bridgehead atoms. The van der Waals surface area contributed by atoms with E-state index >= 15 is 0 Å². The van der Waals surface area contributed by atoms with Gasteiger partial charge in [-0.15, -0.1) is 0 Å². The summed E-state index contributed by atoms with van der Waals surface area (Å²) in [6, 6.07) is 9.78. The Morgan fingerprint density at radius 1 is 1.53 bits per heavy atom. The fourth-order valence-corrected chi connectivity index (χ4v) is 2.03. The second kappa shape index (κ2) is 4.37. The van der Waals surface area contributed by atoms with Crippen molar-refractivity contribution in [2.24, 2.45) is 0 Å².